The van der Waals surface area contributed by atoms with Gasteiger partial charge in [-0.2, -0.15) is 0 Å². The molecule has 0 atom stereocenters. The normalized spacial score (nSPS) is 17.5. The van der Waals surface area contributed by atoms with Crippen molar-refractivity contribution in [2.75, 3.05) is 25.4 Å². The molecule has 0 aromatic carbocycles. The number of nitrogens with two attached hydrogens (primary N) is 1. The van der Waals surface area contributed by atoms with E-state index in [4.69, 9.17) is 5.73 Å². The zero-order valence-corrected chi connectivity index (χ0v) is 11.4. The number of piperidine rings is 1. The molecule has 0 saturated carbocycles. The van der Waals surface area contributed by atoms with Crippen molar-refractivity contribution in [2.24, 2.45) is 0 Å². The summed E-state index contributed by atoms with van der Waals surface area (Å²) in [6.45, 7) is 5.65. The molecule has 7 heteroatoms. The van der Waals surface area contributed by atoms with Crippen LogP contribution in [0.4, 0.5) is 5.95 Å². The highest BCUT2D eigenvalue weighted by atomic mass is 16.2. The van der Waals surface area contributed by atoms with Crippen molar-refractivity contribution in [3.05, 3.63) is 6.33 Å². The molecule has 1 aromatic heterocycles. The van der Waals surface area contributed by atoms with E-state index in [1.807, 2.05) is 0 Å². The van der Waals surface area contributed by atoms with Crippen LogP contribution < -0.4 is 11.1 Å². The number of carbonyl (C=O) groups excluding carboxylic acids is 1. The SMILES string of the molecule is CCCN1CCC(NC(=O)Cn2cnc(N)n2)CC1. The predicted octanol–water partition coefficient (Wildman–Crippen LogP) is -0.149. The first kappa shape index (κ1) is 13.8. The molecule has 1 amide bonds. The lowest BCUT2D eigenvalue weighted by molar-refractivity contribution is -0.122. The van der Waals surface area contributed by atoms with Gasteiger partial charge in [0.1, 0.15) is 12.9 Å². The second-order valence-electron chi connectivity index (χ2n) is 4.98. The summed E-state index contributed by atoms with van der Waals surface area (Å²) in [5, 5.41) is 6.94. The first-order valence-electron chi connectivity index (χ1n) is 6.84. The van der Waals surface area contributed by atoms with Crippen LogP contribution >= 0.6 is 0 Å². The molecule has 106 valence electrons. The van der Waals surface area contributed by atoms with Gasteiger partial charge in [0.2, 0.25) is 11.9 Å². The number of anilines is 1. The Morgan fingerprint density at radius 3 is 2.84 bits per heavy atom. The quantitative estimate of drug-likeness (QED) is 0.773. The van der Waals surface area contributed by atoms with Gasteiger partial charge in [0.05, 0.1) is 0 Å². The van der Waals surface area contributed by atoms with E-state index >= 15 is 0 Å². The van der Waals surface area contributed by atoms with Crippen molar-refractivity contribution in [2.45, 2.75) is 38.8 Å². The maximum absolute atomic E-state index is 11.8. The molecule has 0 spiro atoms. The average Bonchev–Trinajstić information content (AvgIpc) is 2.77. The molecule has 0 bridgehead atoms. The Bertz CT molecular complexity index is 410. The molecular formula is C12H22N6O. The van der Waals surface area contributed by atoms with Crippen LogP contribution in [0.2, 0.25) is 0 Å². The Balaban J connectivity index is 1.71. The van der Waals surface area contributed by atoms with E-state index in [-0.39, 0.29) is 24.4 Å². The molecule has 1 aliphatic heterocycles. The van der Waals surface area contributed by atoms with Gasteiger partial charge in [-0.3, -0.25) is 4.79 Å². The lowest BCUT2D eigenvalue weighted by Gasteiger charge is -2.32. The van der Waals surface area contributed by atoms with Crippen molar-refractivity contribution in [1.82, 2.24) is 25.0 Å². The van der Waals surface area contributed by atoms with Crippen LogP contribution in [0.5, 0.6) is 0 Å². The fraction of sp³-hybridized carbons (Fsp3) is 0.750. The molecule has 1 fully saturated rings. The highest BCUT2D eigenvalue weighted by molar-refractivity contribution is 5.75. The summed E-state index contributed by atoms with van der Waals surface area (Å²) in [6, 6.07) is 0.279. The Hall–Kier alpha value is -1.63. The summed E-state index contributed by atoms with van der Waals surface area (Å²) in [5.41, 5.74) is 5.40. The minimum atomic E-state index is -0.0289. The van der Waals surface area contributed by atoms with Crippen LogP contribution in [0.15, 0.2) is 6.33 Å². The van der Waals surface area contributed by atoms with Gasteiger partial charge in [0.25, 0.3) is 0 Å². The summed E-state index contributed by atoms with van der Waals surface area (Å²) in [5.74, 6) is 0.166. The molecule has 0 radical (unpaired) electrons. The number of rotatable bonds is 5. The second kappa shape index (κ2) is 6.51. The maximum Gasteiger partial charge on any atom is 0.242 e. The van der Waals surface area contributed by atoms with Crippen LogP contribution in [0.25, 0.3) is 0 Å². The Morgan fingerprint density at radius 2 is 2.26 bits per heavy atom. The summed E-state index contributed by atoms with van der Waals surface area (Å²) in [6.07, 6.45) is 4.69. The molecule has 7 nitrogen and oxygen atoms in total. The summed E-state index contributed by atoms with van der Waals surface area (Å²) < 4.78 is 1.46. The van der Waals surface area contributed by atoms with Crippen molar-refractivity contribution in [3.8, 4) is 0 Å². The number of hydrogen-bond donors (Lipinski definition) is 2. The van der Waals surface area contributed by atoms with E-state index in [2.05, 4.69) is 27.2 Å². The van der Waals surface area contributed by atoms with E-state index in [0.29, 0.717) is 0 Å². The number of nitrogens with zero attached hydrogens (tertiary/aromatic N) is 4. The molecule has 1 saturated heterocycles. The minimum Gasteiger partial charge on any atom is -0.367 e. The Morgan fingerprint density at radius 1 is 1.53 bits per heavy atom. The maximum atomic E-state index is 11.8. The van der Waals surface area contributed by atoms with Crippen molar-refractivity contribution >= 4 is 11.9 Å². The number of hydrogen-bond acceptors (Lipinski definition) is 5. The molecule has 1 aliphatic rings. The molecule has 3 N–H and O–H groups in total. The van der Waals surface area contributed by atoms with Gasteiger partial charge in [0.15, 0.2) is 0 Å². The smallest absolute Gasteiger partial charge is 0.242 e. The monoisotopic (exact) mass is 266 g/mol. The predicted molar refractivity (Wildman–Crippen MR) is 72.3 cm³/mol. The highest BCUT2D eigenvalue weighted by Gasteiger charge is 2.20. The first-order chi connectivity index (χ1) is 9.17. The molecule has 0 aliphatic carbocycles. The number of nitrogens with one attached hydrogen (secondary N) is 1. The number of aromatic nitrogens is 3. The fourth-order valence-electron chi connectivity index (χ4n) is 2.42. The average molecular weight is 266 g/mol. The molecule has 2 rings (SSSR count). The van der Waals surface area contributed by atoms with Gasteiger partial charge in [-0.25, -0.2) is 9.67 Å². The third-order valence-corrected chi connectivity index (χ3v) is 3.35. The van der Waals surface area contributed by atoms with Gasteiger partial charge >= 0.3 is 0 Å². The highest BCUT2D eigenvalue weighted by Crippen LogP contribution is 2.10. The molecule has 0 unspecified atom stereocenters. The Labute approximate surface area is 113 Å². The molecule has 1 aromatic rings. The number of carbonyl (C=O) groups is 1. The van der Waals surface area contributed by atoms with E-state index in [9.17, 15) is 4.79 Å². The van der Waals surface area contributed by atoms with E-state index < -0.39 is 0 Å². The molecular weight excluding hydrogens is 244 g/mol. The minimum absolute atomic E-state index is 0.0289. The van der Waals surface area contributed by atoms with Gasteiger partial charge in [-0.05, 0) is 25.8 Å². The zero-order chi connectivity index (χ0) is 13.7. The summed E-state index contributed by atoms with van der Waals surface area (Å²) in [7, 11) is 0. The van der Waals surface area contributed by atoms with Gasteiger partial charge in [0, 0.05) is 19.1 Å². The first-order valence-corrected chi connectivity index (χ1v) is 6.84. The molecule has 19 heavy (non-hydrogen) atoms. The standard InChI is InChI=1S/C12H22N6O/c1-2-5-17-6-3-10(4-7-17)15-11(19)8-18-9-14-12(13)16-18/h9-10H,2-8H2,1H3,(H2,13,16)(H,15,19). The Kier molecular flexibility index (Phi) is 4.73. The number of amides is 1. The summed E-state index contributed by atoms with van der Waals surface area (Å²) in [4.78, 5) is 18.1. The van der Waals surface area contributed by atoms with Gasteiger partial charge < -0.3 is 16.0 Å². The van der Waals surface area contributed by atoms with Crippen LogP contribution in [-0.4, -0.2) is 51.2 Å². The van der Waals surface area contributed by atoms with E-state index in [1.165, 1.54) is 17.4 Å². The van der Waals surface area contributed by atoms with Crippen molar-refractivity contribution < 1.29 is 4.79 Å². The van der Waals surface area contributed by atoms with Crippen LogP contribution in [0.3, 0.4) is 0 Å². The van der Waals surface area contributed by atoms with E-state index in [0.717, 1.165) is 32.5 Å². The zero-order valence-electron chi connectivity index (χ0n) is 11.4. The van der Waals surface area contributed by atoms with Crippen LogP contribution in [0, 0.1) is 0 Å². The van der Waals surface area contributed by atoms with Gasteiger partial charge in [-0.1, -0.05) is 6.92 Å². The van der Waals surface area contributed by atoms with Crippen LogP contribution in [-0.2, 0) is 11.3 Å². The second-order valence-corrected chi connectivity index (χ2v) is 4.98. The lowest BCUT2D eigenvalue weighted by Crippen LogP contribution is -2.45. The topological polar surface area (TPSA) is 89.1 Å². The van der Waals surface area contributed by atoms with Crippen LogP contribution in [0.1, 0.15) is 26.2 Å². The molecule has 2 heterocycles. The number of nitrogen functional groups attached to an aromatic ring is 1. The van der Waals surface area contributed by atoms with Crippen molar-refractivity contribution in [3.63, 3.8) is 0 Å². The lowest BCUT2D eigenvalue weighted by atomic mass is 10.0. The van der Waals surface area contributed by atoms with E-state index in [1.54, 1.807) is 0 Å². The third kappa shape index (κ3) is 4.20. The van der Waals surface area contributed by atoms with Crippen molar-refractivity contribution in [1.29, 1.82) is 0 Å². The summed E-state index contributed by atoms with van der Waals surface area (Å²) >= 11 is 0. The third-order valence-electron chi connectivity index (χ3n) is 3.35. The number of likely N-dealkylation sites (tertiary alicyclic amines) is 1. The largest absolute Gasteiger partial charge is 0.367 e. The van der Waals surface area contributed by atoms with Gasteiger partial charge in [-0.15, -0.1) is 5.10 Å². The fourth-order valence-corrected chi connectivity index (χ4v) is 2.42.